The minimum atomic E-state index is -3.56. The molecule has 5 nitrogen and oxygen atoms in total. The van der Waals surface area contributed by atoms with Gasteiger partial charge in [-0.15, -0.1) is 11.3 Å². The van der Waals surface area contributed by atoms with Crippen LogP contribution in [0.25, 0.3) is 15.7 Å². The number of thiophene rings is 1. The van der Waals surface area contributed by atoms with Crippen LogP contribution >= 0.6 is 11.3 Å². The van der Waals surface area contributed by atoms with Gasteiger partial charge < -0.3 is 0 Å². The summed E-state index contributed by atoms with van der Waals surface area (Å²) in [5, 5.41) is 3.42. The number of benzene rings is 1. The number of nitrogens with zero attached hydrogens (tertiary/aromatic N) is 2. The highest BCUT2D eigenvalue weighted by molar-refractivity contribution is 7.90. The number of piperidine rings is 1. The second kappa shape index (κ2) is 11.3. The van der Waals surface area contributed by atoms with Crippen LogP contribution in [0.1, 0.15) is 77.2 Å². The average molecular weight is 490 g/mol. The minimum Gasteiger partial charge on any atom is -0.297 e. The van der Waals surface area contributed by atoms with Crippen LogP contribution in [0.4, 0.5) is 5.69 Å². The highest BCUT2D eigenvalue weighted by Crippen LogP contribution is 2.37. The zero-order chi connectivity index (χ0) is 23.3. The van der Waals surface area contributed by atoms with Gasteiger partial charge in [-0.3, -0.25) is 9.62 Å². The van der Waals surface area contributed by atoms with Gasteiger partial charge in [0.15, 0.2) is 0 Å². The summed E-state index contributed by atoms with van der Waals surface area (Å²) in [7, 11) is -3.56. The Morgan fingerprint density at radius 3 is 2.67 bits per heavy atom. The predicted octanol–water partition coefficient (Wildman–Crippen LogP) is 6.49. The minimum absolute atomic E-state index is 0.572. The first-order valence-corrected chi connectivity index (χ1v) is 15.1. The van der Waals surface area contributed by atoms with Gasteiger partial charge in [0.25, 0.3) is 0 Å². The fourth-order valence-electron chi connectivity index (χ4n) is 5.10. The largest absolute Gasteiger partial charge is 0.301 e. The Kier molecular flexibility index (Phi) is 8.49. The van der Waals surface area contributed by atoms with Crippen molar-refractivity contribution in [2.24, 2.45) is 0 Å². The van der Waals surface area contributed by atoms with Crippen molar-refractivity contribution in [3.63, 3.8) is 0 Å². The zero-order valence-electron chi connectivity index (χ0n) is 20.2. The average Bonchev–Trinajstić information content (AvgIpc) is 3.10. The fraction of sp³-hybridized carbons (Fsp3) is 0.615. The SMILES string of the molecule is CCCCN(CCCC)S(=O)(=O)Nc1ccc2scc(C3=CCN4CCCCC4CC3)c2c1. The number of nitrogens with one attached hydrogen (secondary N) is 1. The molecule has 33 heavy (non-hydrogen) atoms. The first-order valence-electron chi connectivity index (χ1n) is 12.7. The molecule has 0 saturated carbocycles. The molecule has 4 rings (SSSR count). The number of unbranched alkanes of at least 4 members (excludes halogenated alkanes) is 2. The van der Waals surface area contributed by atoms with Gasteiger partial charge in [-0.05, 0) is 79.8 Å². The molecule has 0 radical (unpaired) electrons. The van der Waals surface area contributed by atoms with E-state index in [0.29, 0.717) is 18.8 Å². The predicted molar refractivity (Wildman–Crippen MR) is 142 cm³/mol. The Morgan fingerprint density at radius 2 is 1.91 bits per heavy atom. The number of hydrogen-bond acceptors (Lipinski definition) is 4. The monoisotopic (exact) mass is 489 g/mol. The van der Waals surface area contributed by atoms with Crippen LogP contribution in [0.3, 0.4) is 0 Å². The molecule has 2 aromatic rings. The summed E-state index contributed by atoms with van der Waals surface area (Å²) in [5.74, 6) is 0. The summed E-state index contributed by atoms with van der Waals surface area (Å²) in [5.41, 5.74) is 3.36. The Bertz CT molecular complexity index is 1050. The third-order valence-electron chi connectivity index (χ3n) is 7.10. The number of hydrogen-bond donors (Lipinski definition) is 1. The van der Waals surface area contributed by atoms with E-state index in [0.717, 1.165) is 44.7 Å². The third-order valence-corrected chi connectivity index (χ3v) is 9.60. The molecule has 182 valence electrons. The van der Waals surface area contributed by atoms with Crippen LogP contribution in [0, 0.1) is 0 Å². The molecule has 7 heteroatoms. The van der Waals surface area contributed by atoms with Gasteiger partial charge in [0.1, 0.15) is 0 Å². The molecule has 2 aliphatic rings. The van der Waals surface area contributed by atoms with E-state index in [-0.39, 0.29) is 0 Å². The standard InChI is InChI=1S/C26H39N3O2S2/c1-3-5-16-29(17-6-4-2)33(30,31)27-22-11-13-26-24(19-22)25(20-32-26)21-10-12-23-9-7-8-15-28(23)18-14-21/h11,13-14,19-20,23,27H,3-10,12,15-18H2,1-2H3. The normalized spacial score (nSPS) is 20.0. The number of allylic oxidation sites excluding steroid dienone is 1. The molecule has 1 unspecified atom stereocenters. The molecule has 0 bridgehead atoms. The lowest BCUT2D eigenvalue weighted by Gasteiger charge is -2.33. The van der Waals surface area contributed by atoms with Crippen molar-refractivity contribution in [2.45, 2.75) is 77.7 Å². The smallest absolute Gasteiger partial charge is 0.297 e. The highest BCUT2D eigenvalue weighted by Gasteiger charge is 2.25. The first kappa shape index (κ1) is 24.7. The molecular weight excluding hydrogens is 450 g/mol. The van der Waals surface area contributed by atoms with Gasteiger partial charge in [-0.1, -0.05) is 39.2 Å². The van der Waals surface area contributed by atoms with E-state index in [1.54, 1.807) is 15.6 Å². The van der Waals surface area contributed by atoms with Gasteiger partial charge in [0.05, 0.1) is 5.69 Å². The Labute approximate surface area is 204 Å². The maximum atomic E-state index is 13.2. The molecule has 1 aromatic heterocycles. The van der Waals surface area contributed by atoms with Gasteiger partial charge in [0, 0.05) is 35.8 Å². The highest BCUT2D eigenvalue weighted by atomic mass is 32.2. The number of anilines is 1. The second-order valence-electron chi connectivity index (χ2n) is 9.49. The quantitative estimate of drug-likeness (QED) is 0.415. The van der Waals surface area contributed by atoms with Crippen molar-refractivity contribution in [3.05, 3.63) is 35.2 Å². The van der Waals surface area contributed by atoms with E-state index in [9.17, 15) is 8.42 Å². The molecular formula is C26H39N3O2S2. The summed E-state index contributed by atoms with van der Waals surface area (Å²) in [6.45, 7) is 7.59. The number of rotatable bonds is 10. The Morgan fingerprint density at radius 1 is 1.12 bits per heavy atom. The fourth-order valence-corrected chi connectivity index (χ4v) is 7.36. The van der Waals surface area contributed by atoms with Crippen LogP contribution < -0.4 is 4.72 Å². The summed E-state index contributed by atoms with van der Waals surface area (Å²) >= 11 is 1.75. The van der Waals surface area contributed by atoms with Crippen molar-refractivity contribution in [1.29, 1.82) is 0 Å². The molecule has 0 spiro atoms. The second-order valence-corrected chi connectivity index (χ2v) is 12.1. The molecule has 1 aromatic carbocycles. The van der Waals surface area contributed by atoms with Gasteiger partial charge in [-0.2, -0.15) is 12.7 Å². The first-order chi connectivity index (χ1) is 16.0. The van der Waals surface area contributed by atoms with E-state index in [1.165, 1.54) is 53.5 Å². The molecule has 3 heterocycles. The van der Waals surface area contributed by atoms with Gasteiger partial charge in [-0.25, -0.2) is 0 Å². The van der Waals surface area contributed by atoms with E-state index in [4.69, 9.17) is 0 Å². The van der Waals surface area contributed by atoms with Crippen LogP contribution in [0.5, 0.6) is 0 Å². The summed E-state index contributed by atoms with van der Waals surface area (Å²) in [6.07, 6.45) is 12.5. The van der Waals surface area contributed by atoms with Crippen LogP contribution in [0.2, 0.25) is 0 Å². The van der Waals surface area contributed by atoms with Crippen molar-refractivity contribution in [3.8, 4) is 0 Å². The summed E-state index contributed by atoms with van der Waals surface area (Å²) in [4.78, 5) is 2.64. The lowest BCUT2D eigenvalue weighted by Crippen LogP contribution is -2.38. The lowest BCUT2D eigenvalue weighted by atomic mass is 9.95. The van der Waals surface area contributed by atoms with Crippen molar-refractivity contribution >= 4 is 42.9 Å². The molecule has 1 saturated heterocycles. The molecule has 2 aliphatic heterocycles. The molecule has 1 atom stereocenters. The number of fused-ring (bicyclic) bond motifs is 2. The maximum Gasteiger partial charge on any atom is 0.301 e. The Balaban J connectivity index is 1.55. The van der Waals surface area contributed by atoms with Crippen LogP contribution in [-0.4, -0.2) is 49.8 Å². The molecule has 1 fully saturated rings. The summed E-state index contributed by atoms with van der Waals surface area (Å²) < 4.78 is 32.0. The lowest BCUT2D eigenvalue weighted by molar-refractivity contribution is 0.161. The maximum absolute atomic E-state index is 13.2. The van der Waals surface area contributed by atoms with E-state index >= 15 is 0 Å². The van der Waals surface area contributed by atoms with E-state index < -0.39 is 10.2 Å². The van der Waals surface area contributed by atoms with Gasteiger partial charge >= 0.3 is 10.2 Å². The van der Waals surface area contributed by atoms with Gasteiger partial charge in [0.2, 0.25) is 0 Å². The van der Waals surface area contributed by atoms with Crippen molar-refractivity contribution in [1.82, 2.24) is 9.21 Å². The zero-order valence-corrected chi connectivity index (χ0v) is 21.8. The van der Waals surface area contributed by atoms with E-state index in [2.05, 4.69) is 41.0 Å². The van der Waals surface area contributed by atoms with E-state index in [1.807, 2.05) is 12.1 Å². The summed E-state index contributed by atoms with van der Waals surface area (Å²) in [6, 6.07) is 6.72. The van der Waals surface area contributed by atoms with Crippen molar-refractivity contribution in [2.75, 3.05) is 30.9 Å². The topological polar surface area (TPSA) is 52.7 Å². The molecule has 0 aliphatic carbocycles. The van der Waals surface area contributed by atoms with Crippen LogP contribution in [-0.2, 0) is 10.2 Å². The molecule has 0 amide bonds. The van der Waals surface area contributed by atoms with Crippen LogP contribution in [0.15, 0.2) is 29.7 Å². The van der Waals surface area contributed by atoms with Crippen molar-refractivity contribution < 1.29 is 8.42 Å². The third kappa shape index (κ3) is 5.99. The Hall–Kier alpha value is -1.41. The molecule has 1 N–H and O–H groups in total.